The second kappa shape index (κ2) is 5.44. The summed E-state index contributed by atoms with van der Waals surface area (Å²) in [5.41, 5.74) is 1.46. The smallest absolute Gasteiger partial charge is 0.313 e. The molecular weight excluding hydrogens is 291 g/mol. The first kappa shape index (κ1) is 14.6. The van der Waals surface area contributed by atoms with E-state index in [1.54, 1.807) is 18.3 Å². The zero-order valence-corrected chi connectivity index (χ0v) is 11.9. The first-order valence-electron chi connectivity index (χ1n) is 6.95. The second-order valence-corrected chi connectivity index (χ2v) is 4.99. The first-order chi connectivity index (χ1) is 10.5. The largest absolute Gasteiger partial charge is 0.416 e. The molecule has 0 spiro atoms. The number of imidazole rings is 1. The van der Waals surface area contributed by atoms with Gasteiger partial charge in [-0.3, -0.25) is 0 Å². The molecule has 0 N–H and O–H groups in total. The fourth-order valence-corrected chi connectivity index (χ4v) is 2.51. The lowest BCUT2D eigenvalue weighted by Crippen LogP contribution is -2.07. The van der Waals surface area contributed by atoms with Gasteiger partial charge in [0.05, 0.1) is 5.56 Å². The summed E-state index contributed by atoms with van der Waals surface area (Å²) in [6.45, 7) is 2.63. The Bertz CT molecular complexity index is 806. The Hall–Kier alpha value is -2.37. The van der Waals surface area contributed by atoms with E-state index in [0.717, 1.165) is 23.1 Å². The Balaban J connectivity index is 2.00. The number of benzene rings is 1. The van der Waals surface area contributed by atoms with Gasteiger partial charge in [-0.15, -0.1) is 0 Å². The van der Waals surface area contributed by atoms with Gasteiger partial charge in [0.1, 0.15) is 11.3 Å². The van der Waals surface area contributed by atoms with Crippen LogP contribution in [0.15, 0.2) is 42.6 Å². The molecule has 0 saturated heterocycles. The Morgan fingerprint density at radius 2 is 1.95 bits per heavy atom. The lowest BCUT2D eigenvalue weighted by molar-refractivity contribution is -0.137. The number of aromatic nitrogens is 3. The molecule has 22 heavy (non-hydrogen) atoms. The van der Waals surface area contributed by atoms with Crippen LogP contribution in [0.3, 0.4) is 0 Å². The number of fused-ring (bicyclic) bond motifs is 1. The Morgan fingerprint density at radius 1 is 1.14 bits per heavy atom. The topological polar surface area (TPSA) is 30.7 Å². The summed E-state index contributed by atoms with van der Waals surface area (Å²) < 4.78 is 40.3. The van der Waals surface area contributed by atoms with Gasteiger partial charge in [0.15, 0.2) is 5.65 Å². The summed E-state index contributed by atoms with van der Waals surface area (Å²) in [6.07, 6.45) is -2.30. The molecule has 0 saturated carbocycles. The van der Waals surface area contributed by atoms with E-state index in [-0.39, 0.29) is 0 Å². The van der Waals surface area contributed by atoms with Crippen molar-refractivity contribution in [2.24, 2.45) is 0 Å². The fourth-order valence-electron chi connectivity index (χ4n) is 2.51. The average molecular weight is 305 g/mol. The summed E-state index contributed by atoms with van der Waals surface area (Å²) in [7, 11) is 0. The molecular formula is C16H14F3N3. The number of aryl methyl sites for hydroxylation is 1. The summed E-state index contributed by atoms with van der Waals surface area (Å²) in [5, 5.41) is 0. The lowest BCUT2D eigenvalue weighted by Gasteiger charge is -2.09. The zero-order chi connectivity index (χ0) is 15.7. The van der Waals surface area contributed by atoms with Crippen molar-refractivity contribution in [1.29, 1.82) is 0 Å². The number of pyridine rings is 1. The van der Waals surface area contributed by atoms with Crippen molar-refractivity contribution in [1.82, 2.24) is 14.5 Å². The first-order valence-corrected chi connectivity index (χ1v) is 6.95. The van der Waals surface area contributed by atoms with E-state index in [4.69, 9.17) is 0 Å². The summed E-state index contributed by atoms with van der Waals surface area (Å²) in [5.74, 6) is 0.718. The number of nitrogens with zero attached hydrogens (tertiary/aromatic N) is 3. The van der Waals surface area contributed by atoms with Crippen molar-refractivity contribution in [3.05, 3.63) is 59.5 Å². The predicted octanol–water partition coefficient (Wildman–Crippen LogP) is 4.06. The molecule has 0 aliphatic carbocycles. The number of halogens is 3. The van der Waals surface area contributed by atoms with Gasteiger partial charge in [0.2, 0.25) is 0 Å². The predicted molar refractivity (Wildman–Crippen MR) is 77.5 cm³/mol. The van der Waals surface area contributed by atoms with Crippen LogP contribution in [0.4, 0.5) is 13.2 Å². The maximum absolute atomic E-state index is 12.8. The van der Waals surface area contributed by atoms with E-state index in [1.165, 1.54) is 12.1 Å². The van der Waals surface area contributed by atoms with Gasteiger partial charge < -0.3 is 4.57 Å². The van der Waals surface area contributed by atoms with Crippen LogP contribution in [0.25, 0.3) is 11.2 Å². The molecule has 0 amide bonds. The molecule has 3 rings (SSSR count). The highest BCUT2D eigenvalue weighted by molar-refractivity contribution is 5.71. The summed E-state index contributed by atoms with van der Waals surface area (Å²) >= 11 is 0. The fraction of sp³-hybridized carbons (Fsp3) is 0.250. The minimum atomic E-state index is -4.33. The monoisotopic (exact) mass is 305 g/mol. The molecule has 1 aromatic carbocycles. The van der Waals surface area contributed by atoms with Crippen LogP contribution in [0.2, 0.25) is 0 Å². The summed E-state index contributed by atoms with van der Waals surface area (Å²) in [6, 6.07) is 9.01. The van der Waals surface area contributed by atoms with Crippen molar-refractivity contribution < 1.29 is 13.2 Å². The van der Waals surface area contributed by atoms with Crippen LogP contribution in [0.1, 0.15) is 23.9 Å². The van der Waals surface area contributed by atoms with E-state index >= 15 is 0 Å². The zero-order valence-electron chi connectivity index (χ0n) is 11.9. The Morgan fingerprint density at radius 3 is 2.68 bits per heavy atom. The maximum Gasteiger partial charge on any atom is 0.416 e. The highest BCUT2D eigenvalue weighted by Crippen LogP contribution is 2.30. The van der Waals surface area contributed by atoms with Gasteiger partial charge in [0.25, 0.3) is 0 Å². The molecule has 6 heteroatoms. The van der Waals surface area contributed by atoms with Gasteiger partial charge in [0, 0.05) is 19.2 Å². The maximum atomic E-state index is 12.8. The van der Waals surface area contributed by atoms with Crippen molar-refractivity contribution in [2.75, 3.05) is 0 Å². The molecule has 0 radical (unpaired) electrons. The number of rotatable bonds is 3. The van der Waals surface area contributed by atoms with Gasteiger partial charge in [-0.05, 0) is 30.7 Å². The van der Waals surface area contributed by atoms with Crippen molar-refractivity contribution in [3.63, 3.8) is 0 Å². The number of hydrogen-bond donors (Lipinski definition) is 0. The molecule has 0 atom stereocenters. The van der Waals surface area contributed by atoms with Crippen molar-refractivity contribution in [3.8, 4) is 0 Å². The van der Waals surface area contributed by atoms with E-state index in [9.17, 15) is 13.2 Å². The van der Waals surface area contributed by atoms with Gasteiger partial charge in [-0.1, -0.05) is 18.2 Å². The number of hydrogen-bond acceptors (Lipinski definition) is 2. The van der Waals surface area contributed by atoms with E-state index in [0.29, 0.717) is 18.5 Å². The Kier molecular flexibility index (Phi) is 3.60. The SMILES string of the molecule is CCn1c(Cc2cccc(C(F)(F)F)c2)nc2cccnc21. The molecule has 2 aromatic heterocycles. The van der Waals surface area contributed by atoms with E-state index in [1.807, 2.05) is 17.6 Å². The van der Waals surface area contributed by atoms with Crippen LogP contribution in [0.5, 0.6) is 0 Å². The molecule has 2 heterocycles. The molecule has 0 aliphatic rings. The van der Waals surface area contributed by atoms with Crippen LogP contribution in [-0.2, 0) is 19.1 Å². The van der Waals surface area contributed by atoms with Crippen LogP contribution in [0, 0.1) is 0 Å². The molecule has 0 aliphatic heterocycles. The normalized spacial score (nSPS) is 12.0. The third kappa shape index (κ3) is 2.68. The molecule has 114 valence electrons. The Labute approximate surface area is 125 Å². The van der Waals surface area contributed by atoms with E-state index in [2.05, 4.69) is 9.97 Å². The second-order valence-electron chi connectivity index (χ2n) is 4.99. The highest BCUT2D eigenvalue weighted by atomic mass is 19.4. The van der Waals surface area contributed by atoms with Gasteiger partial charge in [-0.25, -0.2) is 9.97 Å². The summed E-state index contributed by atoms with van der Waals surface area (Å²) in [4.78, 5) is 8.78. The van der Waals surface area contributed by atoms with Crippen LogP contribution in [-0.4, -0.2) is 14.5 Å². The van der Waals surface area contributed by atoms with Gasteiger partial charge >= 0.3 is 6.18 Å². The molecule has 0 fully saturated rings. The van der Waals surface area contributed by atoms with Gasteiger partial charge in [-0.2, -0.15) is 13.2 Å². The quantitative estimate of drug-likeness (QED) is 0.730. The molecule has 0 unspecified atom stereocenters. The van der Waals surface area contributed by atoms with Crippen LogP contribution >= 0.6 is 0 Å². The molecule has 3 aromatic rings. The minimum Gasteiger partial charge on any atom is -0.313 e. The highest BCUT2D eigenvalue weighted by Gasteiger charge is 2.30. The van der Waals surface area contributed by atoms with Crippen molar-refractivity contribution >= 4 is 11.2 Å². The molecule has 3 nitrogen and oxygen atoms in total. The van der Waals surface area contributed by atoms with Crippen molar-refractivity contribution in [2.45, 2.75) is 26.1 Å². The number of alkyl halides is 3. The lowest BCUT2D eigenvalue weighted by atomic mass is 10.1. The minimum absolute atomic E-state index is 0.341. The third-order valence-electron chi connectivity index (χ3n) is 3.52. The third-order valence-corrected chi connectivity index (χ3v) is 3.52. The van der Waals surface area contributed by atoms with Crippen LogP contribution < -0.4 is 0 Å². The van der Waals surface area contributed by atoms with E-state index < -0.39 is 11.7 Å². The average Bonchev–Trinajstić information content (AvgIpc) is 2.83. The standard InChI is InChI=1S/C16H14F3N3/c1-2-22-14(21-13-7-4-8-20-15(13)22)10-11-5-3-6-12(9-11)16(17,18)19/h3-9H,2,10H2,1H3. The molecule has 0 bridgehead atoms.